The number of aromatic nitrogens is 1. The number of halogens is 1. The molecule has 0 saturated heterocycles. The van der Waals surface area contributed by atoms with Gasteiger partial charge in [-0.1, -0.05) is 12.1 Å². The van der Waals surface area contributed by atoms with Crippen LogP contribution in [0, 0.1) is 0 Å². The third kappa shape index (κ3) is 5.77. The Hall–Kier alpha value is -2.03. The molecule has 0 aliphatic carbocycles. The van der Waals surface area contributed by atoms with Crippen LogP contribution in [0.2, 0.25) is 0 Å². The number of nitrogens with one attached hydrogen (secondary N) is 2. The lowest BCUT2D eigenvalue weighted by atomic mass is 10.1. The van der Waals surface area contributed by atoms with Crippen molar-refractivity contribution in [2.45, 2.75) is 19.9 Å². The zero-order valence-electron chi connectivity index (χ0n) is 14.2. The quantitative estimate of drug-likeness (QED) is 0.399. The zero-order valence-corrected chi connectivity index (χ0v) is 16.5. The fourth-order valence-electron chi connectivity index (χ4n) is 2.42. The van der Waals surface area contributed by atoms with Gasteiger partial charge in [0.1, 0.15) is 0 Å². The van der Waals surface area contributed by atoms with Crippen LogP contribution in [0.15, 0.2) is 47.6 Å². The predicted octanol–water partition coefficient (Wildman–Crippen LogP) is 2.73. The molecule has 0 atom stereocenters. The predicted molar refractivity (Wildman–Crippen MR) is 109 cm³/mol. The molecule has 25 heavy (non-hydrogen) atoms. The van der Waals surface area contributed by atoms with Crippen molar-refractivity contribution in [3.8, 4) is 11.5 Å². The monoisotopic (exact) mass is 454 g/mol. The topological polar surface area (TPSA) is 67.8 Å². The summed E-state index contributed by atoms with van der Waals surface area (Å²) >= 11 is 0. The number of hydrogen-bond donors (Lipinski definition) is 2. The van der Waals surface area contributed by atoms with E-state index in [1.54, 1.807) is 6.20 Å². The molecule has 134 valence electrons. The normalized spacial score (nSPS) is 12.4. The van der Waals surface area contributed by atoms with Crippen LogP contribution < -0.4 is 20.1 Å². The summed E-state index contributed by atoms with van der Waals surface area (Å²) in [5.41, 5.74) is 2.15. The second kappa shape index (κ2) is 10.1. The van der Waals surface area contributed by atoms with Crippen LogP contribution in [0.3, 0.4) is 0 Å². The highest BCUT2D eigenvalue weighted by atomic mass is 127. The molecule has 2 N–H and O–H groups in total. The van der Waals surface area contributed by atoms with Gasteiger partial charge < -0.3 is 20.1 Å². The summed E-state index contributed by atoms with van der Waals surface area (Å²) in [6.45, 7) is 4.52. The highest BCUT2D eigenvalue weighted by molar-refractivity contribution is 14.0. The summed E-state index contributed by atoms with van der Waals surface area (Å²) < 4.78 is 10.7. The molecule has 2 aromatic rings. The number of aliphatic imine (C=N–C) groups is 1. The van der Waals surface area contributed by atoms with E-state index in [0.29, 0.717) is 13.3 Å². The van der Waals surface area contributed by atoms with Gasteiger partial charge in [-0.05, 0) is 43.2 Å². The smallest absolute Gasteiger partial charge is 0.231 e. The number of ether oxygens (including phenoxy) is 2. The molecule has 0 amide bonds. The average molecular weight is 454 g/mol. The summed E-state index contributed by atoms with van der Waals surface area (Å²) in [4.78, 5) is 8.84. The lowest BCUT2D eigenvalue weighted by molar-refractivity contribution is 0.174. The number of guanidine groups is 1. The number of nitrogens with zero attached hydrogens (tertiary/aromatic N) is 2. The summed E-state index contributed by atoms with van der Waals surface area (Å²) in [6.07, 6.45) is 2.66. The van der Waals surface area contributed by atoms with Gasteiger partial charge in [0.2, 0.25) is 6.79 Å². The molecule has 0 unspecified atom stereocenters. The highest BCUT2D eigenvalue weighted by Gasteiger charge is 2.12. The maximum atomic E-state index is 5.41. The van der Waals surface area contributed by atoms with E-state index in [1.807, 2.05) is 30.3 Å². The van der Waals surface area contributed by atoms with Gasteiger partial charge in [-0.25, -0.2) is 4.99 Å². The Labute approximate surface area is 165 Å². The van der Waals surface area contributed by atoms with Crippen molar-refractivity contribution < 1.29 is 9.47 Å². The molecule has 1 aromatic heterocycles. The molecule has 1 aliphatic rings. The van der Waals surface area contributed by atoms with Crippen molar-refractivity contribution in [3.63, 3.8) is 0 Å². The van der Waals surface area contributed by atoms with Crippen LogP contribution in [0.5, 0.6) is 11.5 Å². The third-order valence-corrected chi connectivity index (χ3v) is 3.61. The molecule has 0 fully saturated rings. The first kappa shape index (κ1) is 19.3. The van der Waals surface area contributed by atoms with Gasteiger partial charge in [0, 0.05) is 19.3 Å². The standard InChI is InChI=1S/C18H22N4O2.HI/c1-2-19-18(22-12-15-5-3-4-9-20-15)21-10-8-14-6-7-16-17(11-14)24-13-23-16;/h3-7,9,11H,2,8,10,12-13H2,1H3,(H2,19,21,22);1H. The van der Waals surface area contributed by atoms with E-state index >= 15 is 0 Å². The van der Waals surface area contributed by atoms with Crippen molar-refractivity contribution in [3.05, 3.63) is 53.9 Å². The van der Waals surface area contributed by atoms with Gasteiger partial charge in [-0.3, -0.25) is 4.98 Å². The second-order valence-electron chi connectivity index (χ2n) is 5.38. The van der Waals surface area contributed by atoms with Gasteiger partial charge in [-0.2, -0.15) is 0 Å². The Kier molecular flexibility index (Phi) is 7.77. The summed E-state index contributed by atoms with van der Waals surface area (Å²) in [7, 11) is 0. The minimum Gasteiger partial charge on any atom is -0.454 e. The van der Waals surface area contributed by atoms with Crippen LogP contribution in [0.4, 0.5) is 0 Å². The molecule has 0 bridgehead atoms. The molecular weight excluding hydrogens is 431 g/mol. The number of hydrogen-bond acceptors (Lipinski definition) is 4. The van der Waals surface area contributed by atoms with Crippen molar-refractivity contribution >= 4 is 29.9 Å². The fourth-order valence-corrected chi connectivity index (χ4v) is 2.42. The van der Waals surface area contributed by atoms with Crippen LogP contribution in [0.1, 0.15) is 18.2 Å². The van der Waals surface area contributed by atoms with Gasteiger partial charge in [0.15, 0.2) is 17.5 Å². The molecule has 0 saturated carbocycles. The Morgan fingerprint density at radius 2 is 2.04 bits per heavy atom. The maximum absolute atomic E-state index is 5.41. The molecule has 0 radical (unpaired) electrons. The lowest BCUT2D eigenvalue weighted by Gasteiger charge is -2.11. The number of fused-ring (bicyclic) bond motifs is 1. The molecule has 0 spiro atoms. The lowest BCUT2D eigenvalue weighted by Crippen LogP contribution is -2.38. The van der Waals surface area contributed by atoms with E-state index in [2.05, 4.69) is 33.6 Å². The number of rotatable bonds is 6. The highest BCUT2D eigenvalue weighted by Crippen LogP contribution is 2.32. The van der Waals surface area contributed by atoms with Gasteiger partial charge in [-0.15, -0.1) is 24.0 Å². The first-order valence-corrected chi connectivity index (χ1v) is 8.16. The average Bonchev–Trinajstić information content (AvgIpc) is 3.08. The second-order valence-corrected chi connectivity index (χ2v) is 5.38. The van der Waals surface area contributed by atoms with Gasteiger partial charge in [0.05, 0.1) is 12.2 Å². The van der Waals surface area contributed by atoms with E-state index in [9.17, 15) is 0 Å². The van der Waals surface area contributed by atoms with Crippen molar-refractivity contribution in [1.29, 1.82) is 0 Å². The van der Waals surface area contributed by atoms with Crippen molar-refractivity contribution in [2.75, 3.05) is 19.9 Å². The number of benzene rings is 1. The molecule has 6 nitrogen and oxygen atoms in total. The molecule has 1 aromatic carbocycles. The maximum Gasteiger partial charge on any atom is 0.231 e. The largest absolute Gasteiger partial charge is 0.454 e. The SMILES string of the molecule is CCNC(=NCc1ccccn1)NCCc1ccc2c(c1)OCO2.I. The van der Waals surface area contributed by atoms with E-state index in [-0.39, 0.29) is 24.0 Å². The first-order valence-electron chi connectivity index (χ1n) is 8.16. The van der Waals surface area contributed by atoms with Crippen molar-refractivity contribution in [2.24, 2.45) is 4.99 Å². The van der Waals surface area contributed by atoms with Crippen molar-refractivity contribution in [1.82, 2.24) is 15.6 Å². The molecule has 7 heteroatoms. The van der Waals surface area contributed by atoms with Crippen LogP contribution in [-0.4, -0.2) is 30.8 Å². The summed E-state index contributed by atoms with van der Waals surface area (Å²) in [6, 6.07) is 11.9. The van der Waals surface area contributed by atoms with Gasteiger partial charge >= 0.3 is 0 Å². The minimum absolute atomic E-state index is 0. The Morgan fingerprint density at radius 1 is 1.16 bits per heavy atom. The molecular formula is C18H23IN4O2. The summed E-state index contributed by atoms with van der Waals surface area (Å²) in [5, 5.41) is 6.59. The van der Waals surface area contributed by atoms with Crippen LogP contribution >= 0.6 is 24.0 Å². The Bertz CT molecular complexity index is 695. The first-order chi connectivity index (χ1) is 11.8. The fraction of sp³-hybridized carbons (Fsp3) is 0.333. The molecule has 1 aliphatic heterocycles. The van der Waals surface area contributed by atoms with Gasteiger partial charge in [0.25, 0.3) is 0 Å². The Balaban J connectivity index is 0.00000225. The van der Waals surface area contributed by atoms with E-state index < -0.39 is 0 Å². The minimum atomic E-state index is 0. The zero-order chi connectivity index (χ0) is 16.6. The Morgan fingerprint density at radius 3 is 2.84 bits per heavy atom. The van der Waals surface area contributed by atoms with Crippen LogP contribution in [-0.2, 0) is 13.0 Å². The molecule has 2 heterocycles. The summed E-state index contributed by atoms with van der Waals surface area (Å²) in [5.74, 6) is 2.43. The molecule has 3 rings (SSSR count). The van der Waals surface area contributed by atoms with E-state index in [4.69, 9.17) is 9.47 Å². The van der Waals surface area contributed by atoms with E-state index in [0.717, 1.165) is 42.7 Å². The third-order valence-electron chi connectivity index (χ3n) is 3.61. The van der Waals surface area contributed by atoms with E-state index in [1.165, 1.54) is 5.56 Å². The number of pyridine rings is 1. The van der Waals surface area contributed by atoms with Crippen LogP contribution in [0.25, 0.3) is 0 Å².